The van der Waals surface area contributed by atoms with Crippen molar-refractivity contribution in [2.45, 2.75) is 24.9 Å². The SMILES string of the molecule is Cc1cn(C)c(=O)c2c(C(=O)N3CC4CC4(c4cccc(C(F)(F)F)c4)C3)cn(C)c12. The third-order valence-corrected chi connectivity index (χ3v) is 6.90. The van der Waals surface area contributed by atoms with Gasteiger partial charge in [-0.25, -0.2) is 0 Å². The Morgan fingerprint density at radius 1 is 1.16 bits per heavy atom. The molecule has 1 saturated heterocycles. The quantitative estimate of drug-likeness (QED) is 0.625. The second-order valence-corrected chi connectivity index (χ2v) is 8.93. The summed E-state index contributed by atoms with van der Waals surface area (Å²) in [4.78, 5) is 27.9. The van der Waals surface area contributed by atoms with Crippen LogP contribution in [0.3, 0.4) is 0 Å². The second-order valence-electron chi connectivity index (χ2n) is 8.93. The maximum Gasteiger partial charge on any atom is 0.416 e. The van der Waals surface area contributed by atoms with Gasteiger partial charge in [0, 0.05) is 45.0 Å². The van der Waals surface area contributed by atoms with Crippen molar-refractivity contribution in [1.82, 2.24) is 14.0 Å². The number of carbonyl (C=O) groups is 1. The van der Waals surface area contributed by atoms with Gasteiger partial charge in [-0.1, -0.05) is 18.2 Å². The van der Waals surface area contributed by atoms with Crippen molar-refractivity contribution in [3.8, 4) is 0 Å². The van der Waals surface area contributed by atoms with Crippen molar-refractivity contribution in [2.75, 3.05) is 13.1 Å². The number of pyridine rings is 1. The number of carbonyl (C=O) groups excluding carboxylic acids is 1. The van der Waals surface area contributed by atoms with Crippen molar-refractivity contribution >= 4 is 16.8 Å². The maximum absolute atomic E-state index is 13.4. The fourth-order valence-corrected chi connectivity index (χ4v) is 5.33. The smallest absolute Gasteiger partial charge is 0.349 e. The lowest BCUT2D eigenvalue weighted by atomic mass is 9.93. The van der Waals surface area contributed by atoms with E-state index in [1.165, 1.54) is 16.7 Å². The van der Waals surface area contributed by atoms with E-state index >= 15 is 0 Å². The van der Waals surface area contributed by atoms with Gasteiger partial charge in [-0.2, -0.15) is 13.2 Å². The van der Waals surface area contributed by atoms with Crippen molar-refractivity contribution in [3.63, 3.8) is 0 Å². The summed E-state index contributed by atoms with van der Waals surface area (Å²) >= 11 is 0. The molecule has 1 aliphatic carbocycles. The molecule has 5 rings (SSSR count). The van der Waals surface area contributed by atoms with Crippen molar-refractivity contribution in [1.29, 1.82) is 0 Å². The molecule has 2 fully saturated rings. The number of likely N-dealkylation sites (tertiary alicyclic amines) is 1. The van der Waals surface area contributed by atoms with Crippen LogP contribution in [-0.4, -0.2) is 33.0 Å². The van der Waals surface area contributed by atoms with Gasteiger partial charge in [0.2, 0.25) is 0 Å². The molecule has 0 radical (unpaired) electrons. The van der Waals surface area contributed by atoms with Crippen LogP contribution in [0.1, 0.15) is 33.5 Å². The zero-order valence-corrected chi connectivity index (χ0v) is 17.5. The Bertz CT molecular complexity index is 1300. The van der Waals surface area contributed by atoms with Crippen LogP contribution in [-0.2, 0) is 25.7 Å². The first-order valence-electron chi connectivity index (χ1n) is 10.2. The van der Waals surface area contributed by atoms with Crippen LogP contribution >= 0.6 is 0 Å². The van der Waals surface area contributed by atoms with E-state index in [0.717, 1.165) is 23.6 Å². The van der Waals surface area contributed by atoms with Crippen LogP contribution in [0.4, 0.5) is 13.2 Å². The van der Waals surface area contributed by atoms with E-state index in [1.807, 2.05) is 6.92 Å². The van der Waals surface area contributed by atoms with Crippen molar-refractivity contribution < 1.29 is 18.0 Å². The Morgan fingerprint density at radius 3 is 2.61 bits per heavy atom. The first kappa shape index (κ1) is 19.9. The number of hydrogen-bond acceptors (Lipinski definition) is 2. The van der Waals surface area contributed by atoms with Gasteiger partial charge >= 0.3 is 6.18 Å². The van der Waals surface area contributed by atoms with Gasteiger partial charge in [0.05, 0.1) is 22.0 Å². The molecule has 3 heterocycles. The van der Waals surface area contributed by atoms with Crippen LogP contribution < -0.4 is 5.56 Å². The van der Waals surface area contributed by atoms with E-state index in [2.05, 4.69) is 0 Å². The Morgan fingerprint density at radius 2 is 1.90 bits per heavy atom. The fraction of sp³-hybridized carbons (Fsp3) is 0.391. The molecule has 0 spiro atoms. The van der Waals surface area contributed by atoms with Gasteiger partial charge in [0.25, 0.3) is 11.5 Å². The number of piperidine rings is 1. The summed E-state index contributed by atoms with van der Waals surface area (Å²) in [5.41, 5.74) is 1.27. The third kappa shape index (κ3) is 2.84. The molecular weight excluding hydrogens is 407 g/mol. The van der Waals surface area contributed by atoms with E-state index in [1.54, 1.807) is 42.0 Å². The zero-order valence-electron chi connectivity index (χ0n) is 17.5. The lowest BCUT2D eigenvalue weighted by molar-refractivity contribution is -0.137. The Kier molecular flexibility index (Phi) is 4.01. The average molecular weight is 429 g/mol. The molecule has 1 aliphatic heterocycles. The van der Waals surface area contributed by atoms with Gasteiger partial charge in [0.15, 0.2) is 0 Å². The lowest BCUT2D eigenvalue weighted by Crippen LogP contribution is -2.33. The molecular formula is C23H22F3N3O2. The summed E-state index contributed by atoms with van der Waals surface area (Å²) in [5, 5.41) is 0.392. The predicted octanol–water partition coefficient (Wildman–Crippen LogP) is 3.62. The molecule has 2 unspecified atom stereocenters. The molecule has 2 aliphatic rings. The van der Waals surface area contributed by atoms with Gasteiger partial charge in [-0.15, -0.1) is 0 Å². The summed E-state index contributed by atoms with van der Waals surface area (Å²) < 4.78 is 42.8. The highest BCUT2D eigenvalue weighted by Gasteiger charge is 2.62. The van der Waals surface area contributed by atoms with Crippen LogP contribution in [0.25, 0.3) is 10.9 Å². The van der Waals surface area contributed by atoms with Gasteiger partial charge in [0.1, 0.15) is 0 Å². The molecule has 2 aromatic heterocycles. The van der Waals surface area contributed by atoms with Gasteiger partial charge < -0.3 is 14.0 Å². The van der Waals surface area contributed by atoms with Gasteiger partial charge in [-0.05, 0) is 36.5 Å². The summed E-state index contributed by atoms with van der Waals surface area (Å²) in [7, 11) is 3.46. The standard InChI is InChI=1S/C23H22F3N3O2/c1-13-9-28(3)21(31)18-17(11-27(2)19(13)18)20(30)29-10-16-8-22(16,12-29)14-5-4-6-15(7-14)23(24,25)26/h4-7,9,11,16H,8,10,12H2,1-3H3. The normalized spacial score (nSPS) is 22.8. The fourth-order valence-electron chi connectivity index (χ4n) is 5.33. The molecule has 162 valence electrons. The number of rotatable bonds is 2. The number of aromatic nitrogens is 2. The molecule has 1 saturated carbocycles. The topological polar surface area (TPSA) is 47.2 Å². The molecule has 8 heteroatoms. The number of amides is 1. The number of aryl methyl sites for hydroxylation is 3. The first-order valence-corrected chi connectivity index (χ1v) is 10.2. The summed E-state index contributed by atoms with van der Waals surface area (Å²) in [6.07, 6.45) is -0.199. The van der Waals surface area contributed by atoms with Crippen LogP contribution in [0.2, 0.25) is 0 Å². The number of fused-ring (bicyclic) bond motifs is 2. The van der Waals surface area contributed by atoms with E-state index in [4.69, 9.17) is 0 Å². The summed E-state index contributed by atoms with van der Waals surface area (Å²) in [6, 6.07) is 5.44. The molecule has 0 N–H and O–H groups in total. The summed E-state index contributed by atoms with van der Waals surface area (Å²) in [5.74, 6) is -0.105. The van der Waals surface area contributed by atoms with E-state index in [0.29, 0.717) is 29.6 Å². The molecule has 1 aromatic carbocycles. The predicted molar refractivity (Wildman–Crippen MR) is 110 cm³/mol. The molecule has 2 atom stereocenters. The third-order valence-electron chi connectivity index (χ3n) is 6.90. The Labute approximate surface area is 176 Å². The molecule has 0 bridgehead atoms. The summed E-state index contributed by atoms with van der Waals surface area (Å²) in [6.45, 7) is 2.74. The highest BCUT2D eigenvalue weighted by Crippen LogP contribution is 2.59. The van der Waals surface area contributed by atoms with Crippen molar-refractivity contribution in [2.24, 2.45) is 20.0 Å². The van der Waals surface area contributed by atoms with Crippen molar-refractivity contribution in [3.05, 3.63) is 69.3 Å². The first-order chi connectivity index (χ1) is 14.5. The Balaban J connectivity index is 1.50. The number of alkyl halides is 3. The minimum atomic E-state index is -4.40. The Hall–Kier alpha value is -3.03. The zero-order chi connectivity index (χ0) is 22.3. The van der Waals surface area contributed by atoms with E-state index in [-0.39, 0.29) is 17.4 Å². The second kappa shape index (κ2) is 6.24. The highest BCUT2D eigenvalue weighted by atomic mass is 19.4. The van der Waals surface area contributed by atoms with Crippen LogP contribution in [0, 0.1) is 12.8 Å². The van der Waals surface area contributed by atoms with Gasteiger partial charge in [-0.3, -0.25) is 9.59 Å². The number of benzene rings is 1. The minimum Gasteiger partial charge on any atom is -0.349 e. The largest absolute Gasteiger partial charge is 0.416 e. The highest BCUT2D eigenvalue weighted by molar-refractivity contribution is 6.07. The van der Waals surface area contributed by atoms with Crippen LogP contribution in [0.5, 0.6) is 0 Å². The molecule has 3 aromatic rings. The maximum atomic E-state index is 13.4. The van der Waals surface area contributed by atoms with E-state index < -0.39 is 17.2 Å². The van der Waals surface area contributed by atoms with E-state index in [9.17, 15) is 22.8 Å². The number of hydrogen-bond donors (Lipinski definition) is 0. The lowest BCUT2D eigenvalue weighted by Gasteiger charge is -2.22. The minimum absolute atomic E-state index is 0.138. The van der Waals surface area contributed by atoms with Crippen LogP contribution in [0.15, 0.2) is 41.5 Å². The number of nitrogens with zero attached hydrogens (tertiary/aromatic N) is 3. The average Bonchev–Trinajstić information content (AvgIpc) is 3.10. The monoisotopic (exact) mass is 429 g/mol. The number of halogens is 3. The molecule has 1 amide bonds. The molecule has 5 nitrogen and oxygen atoms in total. The molecule has 31 heavy (non-hydrogen) atoms.